The molecule has 2 heterocycles. The van der Waals surface area contributed by atoms with Gasteiger partial charge in [-0.15, -0.1) is 0 Å². The number of anilines is 1. The maximum atomic E-state index is 15.0. The summed E-state index contributed by atoms with van der Waals surface area (Å²) in [5.41, 5.74) is 15.2. The molecule has 0 saturated carbocycles. The van der Waals surface area contributed by atoms with Gasteiger partial charge in [0, 0.05) is 18.5 Å². The van der Waals surface area contributed by atoms with Crippen LogP contribution in [0.15, 0.2) is 84.9 Å². The highest BCUT2D eigenvalue weighted by Gasteiger charge is 2.46. The van der Waals surface area contributed by atoms with Crippen molar-refractivity contribution >= 4 is 22.8 Å². The van der Waals surface area contributed by atoms with Gasteiger partial charge in [0.25, 0.3) is 0 Å². The van der Waals surface area contributed by atoms with Crippen molar-refractivity contribution in [2.24, 2.45) is 0 Å². The first-order valence-corrected chi connectivity index (χ1v) is 15.9. The molecule has 0 spiro atoms. The molecule has 0 bridgehead atoms. The lowest BCUT2D eigenvalue weighted by Crippen LogP contribution is -2.50. The van der Waals surface area contributed by atoms with Crippen molar-refractivity contribution in [1.29, 1.82) is 0 Å². The number of carbonyl (C=O) groups excluding carboxylic acids is 1. The van der Waals surface area contributed by atoms with Crippen LogP contribution in [0.4, 0.5) is 10.6 Å². The molecule has 0 radical (unpaired) electrons. The molecule has 1 aliphatic heterocycles. The molecule has 0 unspecified atom stereocenters. The van der Waals surface area contributed by atoms with Gasteiger partial charge in [-0.25, -0.2) is 4.79 Å². The van der Waals surface area contributed by atoms with E-state index in [2.05, 4.69) is 46.6 Å². The Morgan fingerprint density at radius 2 is 1.17 bits per heavy atom. The summed E-state index contributed by atoms with van der Waals surface area (Å²) < 4.78 is 0. The molecule has 4 aromatic carbocycles. The second-order valence-electron chi connectivity index (χ2n) is 13.0. The fraction of sp³-hybridized carbons (Fsp3) is 0.316. The predicted octanol–water partition coefficient (Wildman–Crippen LogP) is 5.76. The lowest BCUT2D eigenvalue weighted by molar-refractivity contribution is -0.0408. The van der Waals surface area contributed by atoms with Crippen LogP contribution in [0.25, 0.3) is 10.9 Å². The molecular weight excluding hydrogens is 574 g/mol. The number of nitrogens with one attached hydrogen (secondary N) is 1. The van der Waals surface area contributed by atoms with Crippen molar-refractivity contribution in [2.75, 3.05) is 5.73 Å². The van der Waals surface area contributed by atoms with Crippen molar-refractivity contribution < 1.29 is 15.0 Å². The lowest BCUT2D eigenvalue weighted by atomic mass is 9.89. The number of H-pyrrole nitrogens is 1. The number of nitrogens with two attached hydrogens (primary N) is 1. The molecule has 6 rings (SSSR count). The van der Waals surface area contributed by atoms with Crippen LogP contribution in [0.1, 0.15) is 44.5 Å². The highest BCUT2D eigenvalue weighted by Crippen LogP contribution is 2.31. The van der Waals surface area contributed by atoms with E-state index in [1.54, 1.807) is 9.80 Å². The number of urea groups is 1. The number of hydrogen-bond donors (Lipinski definition) is 4. The Balaban J connectivity index is 1.46. The Hall–Kier alpha value is -4.66. The Morgan fingerprint density at radius 1 is 0.674 bits per heavy atom. The van der Waals surface area contributed by atoms with Crippen LogP contribution in [0.3, 0.4) is 0 Å². The van der Waals surface area contributed by atoms with Crippen LogP contribution in [-0.2, 0) is 25.9 Å². The second-order valence-corrected chi connectivity index (χ2v) is 13.0. The Labute approximate surface area is 270 Å². The van der Waals surface area contributed by atoms with E-state index in [1.807, 2.05) is 76.2 Å². The van der Waals surface area contributed by atoms with Crippen molar-refractivity contribution in [1.82, 2.24) is 20.0 Å². The van der Waals surface area contributed by atoms with Gasteiger partial charge in [0.15, 0.2) is 5.82 Å². The van der Waals surface area contributed by atoms with Crippen LogP contribution < -0.4 is 5.73 Å². The summed E-state index contributed by atoms with van der Waals surface area (Å²) >= 11 is 0. The maximum absolute atomic E-state index is 15.0. The van der Waals surface area contributed by atoms with Crippen molar-refractivity contribution in [3.05, 3.63) is 129 Å². The minimum Gasteiger partial charge on any atom is -0.388 e. The zero-order chi connectivity index (χ0) is 32.5. The summed E-state index contributed by atoms with van der Waals surface area (Å²) in [6, 6.07) is 26.6. The summed E-state index contributed by atoms with van der Waals surface area (Å²) in [5, 5.41) is 32.0. The third-order valence-corrected chi connectivity index (χ3v) is 9.09. The number of carbonyl (C=O) groups is 1. The lowest BCUT2D eigenvalue weighted by Gasteiger charge is -2.36. The molecule has 46 heavy (non-hydrogen) atoms. The minimum atomic E-state index is -1.20. The van der Waals surface area contributed by atoms with Gasteiger partial charge < -0.3 is 25.7 Å². The topological polar surface area (TPSA) is 119 Å². The van der Waals surface area contributed by atoms with Crippen molar-refractivity contribution in [3.8, 4) is 0 Å². The average molecular weight is 618 g/mol. The van der Waals surface area contributed by atoms with Crippen molar-refractivity contribution in [2.45, 2.75) is 77.9 Å². The van der Waals surface area contributed by atoms with Gasteiger partial charge in [0.2, 0.25) is 0 Å². The van der Waals surface area contributed by atoms with Crippen LogP contribution in [0.5, 0.6) is 0 Å². The SMILES string of the molecule is Cc1cc(C)cc(C[C@@H]2[C@H](O)[C@@H](O)[C@@H](Cc3cc(C)cc(C)c3)N(Cc3ccc4[nH]nc(N)c4c3)C(=O)N2Cc2ccccc2)c1. The third kappa shape index (κ3) is 6.64. The van der Waals surface area contributed by atoms with Crippen LogP contribution in [0, 0.1) is 27.7 Å². The van der Waals surface area contributed by atoms with E-state index in [-0.39, 0.29) is 12.6 Å². The third-order valence-electron chi connectivity index (χ3n) is 9.09. The first-order chi connectivity index (χ1) is 22.0. The van der Waals surface area contributed by atoms with E-state index in [1.165, 1.54) is 0 Å². The quantitative estimate of drug-likeness (QED) is 0.177. The highest BCUT2D eigenvalue weighted by atomic mass is 16.3. The minimum absolute atomic E-state index is 0.222. The summed E-state index contributed by atoms with van der Waals surface area (Å²) in [5.74, 6) is 0.389. The molecular formula is C38H43N5O3. The standard InChI is InChI=1S/C38H43N5O3/c1-23-12-24(2)15-29(14-23)19-33-35(44)36(45)34(20-30-16-25(3)13-26(4)17-30)43(38(46)42(33)21-27-8-6-5-7-9-27)22-28-10-11-32-31(18-28)37(39)41-40-32/h5-18,33-36,44-45H,19-22H2,1-4H3,(H3,39,40,41)/t33-,34-,35+,36+/m1/s1. The van der Waals surface area contributed by atoms with Crippen LogP contribution >= 0.6 is 0 Å². The summed E-state index contributed by atoms with van der Waals surface area (Å²) in [6.45, 7) is 8.70. The molecule has 238 valence electrons. The molecule has 8 heteroatoms. The summed E-state index contributed by atoms with van der Waals surface area (Å²) in [7, 11) is 0. The first kappa shape index (κ1) is 31.3. The summed E-state index contributed by atoms with van der Waals surface area (Å²) in [4.78, 5) is 18.5. The molecule has 5 N–H and O–H groups in total. The average Bonchev–Trinajstić information content (AvgIpc) is 3.36. The predicted molar refractivity (Wildman–Crippen MR) is 182 cm³/mol. The number of hydrogen-bond acceptors (Lipinski definition) is 5. The fourth-order valence-electron chi connectivity index (χ4n) is 7.12. The number of aliphatic hydroxyl groups excluding tert-OH is 2. The van der Waals surface area contributed by atoms with Crippen LogP contribution in [0.2, 0.25) is 0 Å². The number of aromatic amines is 1. The number of aromatic nitrogens is 2. The number of aryl methyl sites for hydroxylation is 4. The molecule has 2 amide bonds. The number of fused-ring (bicyclic) bond motifs is 1. The van der Waals surface area contributed by atoms with Crippen LogP contribution in [-0.4, -0.2) is 60.5 Å². The molecule has 8 nitrogen and oxygen atoms in total. The van der Waals surface area contributed by atoms with E-state index < -0.39 is 24.3 Å². The van der Waals surface area contributed by atoms with Crippen molar-refractivity contribution in [3.63, 3.8) is 0 Å². The fourth-order valence-corrected chi connectivity index (χ4v) is 7.12. The van der Waals surface area contributed by atoms with Gasteiger partial charge >= 0.3 is 6.03 Å². The molecule has 1 saturated heterocycles. The van der Waals surface area contributed by atoms with Gasteiger partial charge in [-0.3, -0.25) is 5.10 Å². The van der Waals surface area contributed by atoms with E-state index in [4.69, 9.17) is 5.73 Å². The Bertz CT molecular complexity index is 1810. The van der Waals surface area contributed by atoms with Gasteiger partial charge in [-0.1, -0.05) is 95.1 Å². The van der Waals surface area contributed by atoms with E-state index in [0.717, 1.165) is 55.4 Å². The molecule has 0 aliphatic carbocycles. The molecule has 5 aromatic rings. The largest absolute Gasteiger partial charge is 0.388 e. The highest BCUT2D eigenvalue weighted by molar-refractivity contribution is 5.89. The molecule has 1 fully saturated rings. The van der Waals surface area contributed by atoms with Gasteiger partial charge in [-0.05, 0) is 74.9 Å². The number of aliphatic hydroxyl groups is 2. The van der Waals surface area contributed by atoms with E-state index in [0.29, 0.717) is 25.2 Å². The number of amides is 2. The Morgan fingerprint density at radius 3 is 1.70 bits per heavy atom. The number of rotatable bonds is 8. The maximum Gasteiger partial charge on any atom is 0.321 e. The zero-order valence-corrected chi connectivity index (χ0v) is 26.9. The second kappa shape index (κ2) is 13.0. The Kier molecular flexibility index (Phi) is 8.84. The van der Waals surface area contributed by atoms with Gasteiger partial charge in [0.1, 0.15) is 12.2 Å². The monoisotopic (exact) mass is 617 g/mol. The first-order valence-electron chi connectivity index (χ1n) is 15.9. The van der Waals surface area contributed by atoms with Gasteiger partial charge in [-0.2, -0.15) is 5.10 Å². The van der Waals surface area contributed by atoms with E-state index in [9.17, 15) is 15.0 Å². The number of benzene rings is 4. The molecule has 1 aliphatic rings. The molecule has 1 aromatic heterocycles. The smallest absolute Gasteiger partial charge is 0.321 e. The zero-order valence-electron chi connectivity index (χ0n) is 26.9. The van der Waals surface area contributed by atoms with Gasteiger partial charge in [0.05, 0.1) is 17.6 Å². The normalized spacial score (nSPS) is 20.3. The molecule has 4 atom stereocenters. The van der Waals surface area contributed by atoms with E-state index >= 15 is 0 Å². The number of nitrogens with zero attached hydrogens (tertiary/aromatic N) is 3. The summed E-state index contributed by atoms with van der Waals surface area (Å²) in [6.07, 6.45) is -1.61. The number of nitrogen functional groups attached to an aromatic ring is 1.